The summed E-state index contributed by atoms with van der Waals surface area (Å²) in [4.78, 5) is 27.7. The van der Waals surface area contributed by atoms with Crippen LogP contribution in [0.25, 0.3) is 0 Å². The Morgan fingerprint density at radius 3 is 2.48 bits per heavy atom. The molecule has 1 atom stereocenters. The average Bonchev–Trinajstić information content (AvgIpc) is 2.87. The molecule has 1 aliphatic rings. The highest BCUT2D eigenvalue weighted by Gasteiger charge is 2.41. The van der Waals surface area contributed by atoms with E-state index in [4.69, 9.17) is 12.2 Å². The monoisotopic (exact) mass is 421 g/mol. The standard InChI is InChI=1S/C20H18F3N3O2S/c1-25-18(28)16(11-17(27)24-15-8-3-2-4-9-15)26(19(25)29)12-13-6-5-7-14(10-13)20(21,22)23/h2-10,16H,11-12H2,1H3,(H,24,27). The third-order valence-electron chi connectivity index (χ3n) is 4.57. The molecule has 152 valence electrons. The van der Waals surface area contributed by atoms with Crippen LogP contribution in [-0.2, 0) is 22.3 Å². The third kappa shape index (κ3) is 4.73. The van der Waals surface area contributed by atoms with Crippen LogP contribution < -0.4 is 5.32 Å². The number of carbonyl (C=O) groups is 2. The van der Waals surface area contributed by atoms with Crippen molar-refractivity contribution in [2.45, 2.75) is 25.2 Å². The summed E-state index contributed by atoms with van der Waals surface area (Å²) in [6.07, 6.45) is -4.64. The van der Waals surface area contributed by atoms with Crippen molar-refractivity contribution in [2.24, 2.45) is 0 Å². The van der Waals surface area contributed by atoms with Crippen LogP contribution in [0.5, 0.6) is 0 Å². The van der Waals surface area contributed by atoms with Gasteiger partial charge < -0.3 is 10.2 Å². The van der Waals surface area contributed by atoms with Crippen molar-refractivity contribution in [3.63, 3.8) is 0 Å². The molecule has 1 aliphatic heterocycles. The molecule has 0 bridgehead atoms. The van der Waals surface area contributed by atoms with Gasteiger partial charge in [-0.3, -0.25) is 14.5 Å². The van der Waals surface area contributed by atoms with Crippen molar-refractivity contribution in [3.8, 4) is 0 Å². The van der Waals surface area contributed by atoms with Crippen molar-refractivity contribution in [2.75, 3.05) is 12.4 Å². The molecule has 0 aliphatic carbocycles. The number of thiocarbonyl (C=S) groups is 1. The van der Waals surface area contributed by atoms with Crippen molar-refractivity contribution < 1.29 is 22.8 Å². The minimum Gasteiger partial charge on any atom is -0.332 e. The largest absolute Gasteiger partial charge is 0.416 e. The van der Waals surface area contributed by atoms with E-state index in [0.717, 1.165) is 12.1 Å². The van der Waals surface area contributed by atoms with E-state index in [1.807, 2.05) is 0 Å². The molecule has 1 N–H and O–H groups in total. The number of amides is 2. The number of nitrogens with zero attached hydrogens (tertiary/aromatic N) is 2. The lowest BCUT2D eigenvalue weighted by atomic mass is 10.1. The first-order valence-corrected chi connectivity index (χ1v) is 9.17. The van der Waals surface area contributed by atoms with Crippen LogP contribution >= 0.6 is 12.2 Å². The Kier molecular flexibility index (Phi) is 5.88. The first kappa shape index (κ1) is 20.8. The Balaban J connectivity index is 1.78. The number of hydrogen-bond donors (Lipinski definition) is 1. The fraction of sp³-hybridized carbons (Fsp3) is 0.250. The fourth-order valence-electron chi connectivity index (χ4n) is 3.10. The summed E-state index contributed by atoms with van der Waals surface area (Å²) in [5.41, 5.74) is 0.153. The van der Waals surface area contributed by atoms with Crippen molar-refractivity contribution in [3.05, 3.63) is 65.7 Å². The number of likely N-dealkylation sites (N-methyl/N-ethyl adjacent to an activating group) is 1. The predicted octanol–water partition coefficient (Wildman–Crippen LogP) is 3.66. The van der Waals surface area contributed by atoms with Gasteiger partial charge in [0.05, 0.1) is 12.0 Å². The molecule has 0 spiro atoms. The number of para-hydroxylation sites is 1. The van der Waals surface area contributed by atoms with E-state index in [0.29, 0.717) is 11.3 Å². The first-order chi connectivity index (χ1) is 13.7. The van der Waals surface area contributed by atoms with Gasteiger partial charge in [-0.25, -0.2) is 0 Å². The minimum atomic E-state index is -4.47. The number of nitrogens with one attached hydrogen (secondary N) is 1. The summed E-state index contributed by atoms with van der Waals surface area (Å²) in [5.74, 6) is -0.758. The zero-order chi connectivity index (χ0) is 21.2. The molecular formula is C20H18F3N3O2S. The van der Waals surface area contributed by atoms with Crippen LogP contribution in [-0.4, -0.2) is 39.8 Å². The lowest BCUT2D eigenvalue weighted by molar-refractivity contribution is -0.137. The van der Waals surface area contributed by atoms with Crippen molar-refractivity contribution in [1.29, 1.82) is 0 Å². The number of anilines is 1. The smallest absolute Gasteiger partial charge is 0.332 e. The molecule has 0 saturated carbocycles. The van der Waals surface area contributed by atoms with Gasteiger partial charge in [0.2, 0.25) is 5.91 Å². The second-order valence-corrected chi connectivity index (χ2v) is 7.01. The van der Waals surface area contributed by atoms with E-state index in [-0.39, 0.29) is 29.9 Å². The van der Waals surface area contributed by atoms with E-state index < -0.39 is 17.8 Å². The van der Waals surface area contributed by atoms with E-state index in [1.165, 1.54) is 29.0 Å². The number of halogens is 3. The van der Waals surface area contributed by atoms with Crippen LogP contribution in [0, 0.1) is 0 Å². The number of hydrogen-bond acceptors (Lipinski definition) is 3. The molecule has 3 rings (SSSR count). The SMILES string of the molecule is CN1C(=O)C(CC(=O)Nc2ccccc2)N(Cc2cccc(C(F)(F)F)c2)C1=S. The molecule has 1 heterocycles. The molecule has 1 saturated heterocycles. The van der Waals surface area contributed by atoms with Gasteiger partial charge in [-0.2, -0.15) is 13.2 Å². The van der Waals surface area contributed by atoms with E-state index in [9.17, 15) is 22.8 Å². The van der Waals surface area contributed by atoms with Crippen LogP contribution in [0.1, 0.15) is 17.5 Å². The number of rotatable bonds is 5. The maximum atomic E-state index is 13.0. The van der Waals surface area contributed by atoms with Crippen LogP contribution in [0.2, 0.25) is 0 Å². The Morgan fingerprint density at radius 2 is 1.83 bits per heavy atom. The predicted molar refractivity (Wildman–Crippen MR) is 106 cm³/mol. The Hall–Kier alpha value is -2.94. The summed E-state index contributed by atoms with van der Waals surface area (Å²) in [6, 6.07) is 12.7. The van der Waals surface area contributed by atoms with Crippen molar-refractivity contribution in [1.82, 2.24) is 9.80 Å². The fourth-order valence-corrected chi connectivity index (χ4v) is 3.39. The maximum Gasteiger partial charge on any atom is 0.416 e. The lowest BCUT2D eigenvalue weighted by Gasteiger charge is -2.24. The molecule has 29 heavy (non-hydrogen) atoms. The highest BCUT2D eigenvalue weighted by Crippen LogP contribution is 2.30. The van der Waals surface area contributed by atoms with Crippen LogP contribution in [0.3, 0.4) is 0 Å². The van der Waals surface area contributed by atoms with Gasteiger partial charge in [0.25, 0.3) is 5.91 Å². The molecular weight excluding hydrogens is 403 g/mol. The number of alkyl halides is 3. The van der Waals surface area contributed by atoms with Gasteiger partial charge >= 0.3 is 6.18 Å². The molecule has 0 radical (unpaired) electrons. The summed E-state index contributed by atoms with van der Waals surface area (Å²) >= 11 is 5.28. The highest BCUT2D eigenvalue weighted by molar-refractivity contribution is 7.80. The molecule has 1 unspecified atom stereocenters. The lowest BCUT2D eigenvalue weighted by Crippen LogP contribution is -2.37. The van der Waals surface area contributed by atoms with Gasteiger partial charge in [-0.15, -0.1) is 0 Å². The minimum absolute atomic E-state index is 0.0118. The molecule has 2 aromatic rings. The molecule has 0 aromatic heterocycles. The van der Waals surface area contributed by atoms with Gasteiger partial charge in [0.1, 0.15) is 6.04 Å². The molecule has 1 fully saturated rings. The number of benzene rings is 2. The second kappa shape index (κ2) is 8.20. The third-order valence-corrected chi connectivity index (χ3v) is 5.08. The summed E-state index contributed by atoms with van der Waals surface area (Å²) in [7, 11) is 1.49. The summed E-state index contributed by atoms with van der Waals surface area (Å²) < 4.78 is 38.9. The van der Waals surface area contributed by atoms with Gasteiger partial charge in [0, 0.05) is 19.3 Å². The van der Waals surface area contributed by atoms with Crippen molar-refractivity contribution >= 4 is 34.8 Å². The van der Waals surface area contributed by atoms with E-state index >= 15 is 0 Å². The van der Waals surface area contributed by atoms with Crippen LogP contribution in [0.15, 0.2) is 54.6 Å². The topological polar surface area (TPSA) is 52.7 Å². The summed E-state index contributed by atoms with van der Waals surface area (Å²) in [5, 5.41) is 2.88. The molecule has 2 amide bonds. The van der Waals surface area contributed by atoms with E-state index in [1.54, 1.807) is 30.3 Å². The van der Waals surface area contributed by atoms with Gasteiger partial charge in [-0.1, -0.05) is 30.3 Å². The maximum absolute atomic E-state index is 13.0. The first-order valence-electron chi connectivity index (χ1n) is 8.76. The quantitative estimate of drug-likeness (QED) is 0.749. The molecule has 9 heteroatoms. The zero-order valence-corrected chi connectivity index (χ0v) is 16.3. The summed E-state index contributed by atoms with van der Waals surface area (Å²) in [6.45, 7) is -0.0118. The van der Waals surface area contributed by atoms with Crippen LogP contribution in [0.4, 0.5) is 18.9 Å². The molecule has 2 aromatic carbocycles. The highest BCUT2D eigenvalue weighted by atomic mass is 32.1. The molecule has 5 nitrogen and oxygen atoms in total. The van der Waals surface area contributed by atoms with E-state index in [2.05, 4.69) is 5.32 Å². The Labute approximate surface area is 171 Å². The number of carbonyl (C=O) groups excluding carboxylic acids is 2. The van der Waals surface area contributed by atoms with Gasteiger partial charge in [-0.05, 0) is 42.0 Å². The zero-order valence-electron chi connectivity index (χ0n) is 15.4. The Bertz CT molecular complexity index is 934. The Morgan fingerprint density at radius 1 is 1.14 bits per heavy atom. The normalized spacial score (nSPS) is 17.0. The second-order valence-electron chi connectivity index (χ2n) is 6.64. The van der Waals surface area contributed by atoms with Gasteiger partial charge in [0.15, 0.2) is 5.11 Å². The average molecular weight is 421 g/mol.